The number of hydrogen-bond acceptors (Lipinski definition) is 5. The van der Waals surface area contributed by atoms with Gasteiger partial charge in [-0.2, -0.15) is 0 Å². The van der Waals surface area contributed by atoms with Crippen molar-refractivity contribution < 1.29 is 19.5 Å². The number of carboxylic acids is 1. The Morgan fingerprint density at radius 1 is 1.36 bits per heavy atom. The minimum atomic E-state index is -1.17. The van der Waals surface area contributed by atoms with E-state index in [1.165, 1.54) is 12.5 Å². The summed E-state index contributed by atoms with van der Waals surface area (Å²) in [5.74, 6) is -2.43. The molecule has 0 aromatic carbocycles. The first-order valence-corrected chi connectivity index (χ1v) is 6.85. The van der Waals surface area contributed by atoms with E-state index in [4.69, 9.17) is 5.73 Å². The van der Waals surface area contributed by atoms with Gasteiger partial charge in [0.25, 0.3) is 0 Å². The van der Waals surface area contributed by atoms with E-state index in [9.17, 15) is 19.5 Å². The number of nitrogens with one attached hydrogen (secondary N) is 3. The smallest absolute Gasteiger partial charge is 0.326 e. The SMILES string of the molecule is CC(C)[C@H](NC(=O)CN)C(=O)N[C@@H](Cc1cnc[nH]1)C(=O)O. The first-order chi connectivity index (χ1) is 10.3. The number of carbonyl (C=O) groups excluding carboxylic acids is 2. The first kappa shape index (κ1) is 17.6. The molecule has 122 valence electrons. The van der Waals surface area contributed by atoms with Gasteiger partial charge in [0.15, 0.2) is 0 Å². The zero-order valence-electron chi connectivity index (χ0n) is 12.5. The fraction of sp³-hybridized carbons (Fsp3) is 0.538. The molecule has 1 aromatic heterocycles. The maximum absolute atomic E-state index is 12.2. The van der Waals surface area contributed by atoms with Crippen LogP contribution in [0.5, 0.6) is 0 Å². The van der Waals surface area contributed by atoms with E-state index >= 15 is 0 Å². The molecule has 0 spiro atoms. The van der Waals surface area contributed by atoms with E-state index in [1.807, 2.05) is 0 Å². The van der Waals surface area contributed by atoms with Crippen molar-refractivity contribution in [1.29, 1.82) is 0 Å². The van der Waals surface area contributed by atoms with Gasteiger partial charge in [-0.15, -0.1) is 0 Å². The predicted molar refractivity (Wildman–Crippen MR) is 77.7 cm³/mol. The third-order valence-corrected chi connectivity index (χ3v) is 3.04. The highest BCUT2D eigenvalue weighted by Crippen LogP contribution is 2.04. The summed E-state index contributed by atoms with van der Waals surface area (Å²) < 4.78 is 0. The molecule has 0 fully saturated rings. The molecular formula is C13H21N5O4. The van der Waals surface area contributed by atoms with Crippen molar-refractivity contribution in [2.75, 3.05) is 6.54 Å². The minimum Gasteiger partial charge on any atom is -0.480 e. The zero-order chi connectivity index (χ0) is 16.7. The first-order valence-electron chi connectivity index (χ1n) is 6.85. The molecule has 1 rings (SSSR count). The molecule has 0 aliphatic heterocycles. The number of aromatic amines is 1. The molecule has 2 atom stereocenters. The molecule has 1 heterocycles. The number of nitrogens with two attached hydrogens (primary N) is 1. The lowest BCUT2D eigenvalue weighted by atomic mass is 10.0. The molecule has 0 saturated carbocycles. The number of amides is 2. The Morgan fingerprint density at radius 2 is 2.05 bits per heavy atom. The lowest BCUT2D eigenvalue weighted by Gasteiger charge is -2.23. The number of carboxylic acid groups (broad SMARTS) is 1. The summed E-state index contributed by atoms with van der Waals surface area (Å²) in [6, 6.07) is -1.97. The van der Waals surface area contributed by atoms with Crippen molar-refractivity contribution in [2.45, 2.75) is 32.4 Å². The molecule has 9 heteroatoms. The van der Waals surface area contributed by atoms with Crippen molar-refractivity contribution >= 4 is 17.8 Å². The van der Waals surface area contributed by atoms with Crippen molar-refractivity contribution in [3.63, 3.8) is 0 Å². The maximum Gasteiger partial charge on any atom is 0.326 e. The summed E-state index contributed by atoms with van der Waals surface area (Å²) in [5.41, 5.74) is 5.79. The standard InChI is InChI=1S/C13H21N5O4/c1-7(2)11(18-10(19)4-14)12(20)17-9(13(21)22)3-8-5-15-6-16-8/h5-7,9,11H,3-4,14H2,1-2H3,(H,15,16)(H,17,20)(H,18,19)(H,21,22)/t9-,11-/m0/s1. The average Bonchev–Trinajstić information content (AvgIpc) is 2.95. The Balaban J connectivity index is 2.75. The number of imidazole rings is 1. The van der Waals surface area contributed by atoms with Crippen molar-refractivity contribution in [2.24, 2.45) is 11.7 Å². The van der Waals surface area contributed by atoms with E-state index in [0.717, 1.165) is 0 Å². The molecule has 0 saturated heterocycles. The van der Waals surface area contributed by atoms with Gasteiger partial charge in [-0.1, -0.05) is 13.8 Å². The van der Waals surface area contributed by atoms with Crippen LogP contribution in [0.15, 0.2) is 12.5 Å². The van der Waals surface area contributed by atoms with Crippen molar-refractivity contribution in [1.82, 2.24) is 20.6 Å². The van der Waals surface area contributed by atoms with Crippen LogP contribution in [0.3, 0.4) is 0 Å². The molecule has 2 amide bonds. The van der Waals surface area contributed by atoms with Gasteiger partial charge < -0.3 is 26.5 Å². The van der Waals surface area contributed by atoms with Crippen LogP contribution >= 0.6 is 0 Å². The third-order valence-electron chi connectivity index (χ3n) is 3.04. The Morgan fingerprint density at radius 3 is 2.50 bits per heavy atom. The van der Waals surface area contributed by atoms with Gasteiger partial charge in [0.2, 0.25) is 11.8 Å². The monoisotopic (exact) mass is 311 g/mol. The number of carbonyl (C=O) groups is 3. The number of nitrogens with zero attached hydrogens (tertiary/aromatic N) is 1. The van der Waals surface area contributed by atoms with Gasteiger partial charge in [0.05, 0.1) is 12.9 Å². The Labute approximate surface area is 127 Å². The number of aromatic nitrogens is 2. The second kappa shape index (κ2) is 8.13. The highest BCUT2D eigenvalue weighted by Gasteiger charge is 2.28. The van der Waals surface area contributed by atoms with Gasteiger partial charge in [-0.3, -0.25) is 9.59 Å². The van der Waals surface area contributed by atoms with Gasteiger partial charge in [0.1, 0.15) is 12.1 Å². The molecule has 9 nitrogen and oxygen atoms in total. The van der Waals surface area contributed by atoms with Crippen LogP contribution in [-0.4, -0.2) is 51.5 Å². The quantitative estimate of drug-likeness (QED) is 0.399. The molecular weight excluding hydrogens is 290 g/mol. The number of hydrogen-bond donors (Lipinski definition) is 5. The van der Waals surface area contributed by atoms with Crippen molar-refractivity contribution in [3.05, 3.63) is 18.2 Å². The Bertz CT molecular complexity index is 515. The summed E-state index contributed by atoms with van der Waals surface area (Å²) in [4.78, 5) is 41.4. The summed E-state index contributed by atoms with van der Waals surface area (Å²) in [7, 11) is 0. The third kappa shape index (κ3) is 5.17. The summed E-state index contributed by atoms with van der Waals surface area (Å²) >= 11 is 0. The highest BCUT2D eigenvalue weighted by molar-refractivity contribution is 5.91. The van der Waals surface area contributed by atoms with Crippen LogP contribution in [0.1, 0.15) is 19.5 Å². The number of rotatable bonds is 8. The molecule has 22 heavy (non-hydrogen) atoms. The summed E-state index contributed by atoms with van der Waals surface area (Å²) in [5, 5.41) is 14.1. The van der Waals surface area contributed by atoms with Crippen LogP contribution < -0.4 is 16.4 Å². The Hall–Kier alpha value is -2.42. The average molecular weight is 311 g/mol. The zero-order valence-corrected chi connectivity index (χ0v) is 12.5. The predicted octanol–water partition coefficient (Wildman–Crippen LogP) is -1.38. The summed E-state index contributed by atoms with van der Waals surface area (Å²) in [6.07, 6.45) is 2.98. The fourth-order valence-electron chi connectivity index (χ4n) is 1.85. The van der Waals surface area contributed by atoms with Crippen LogP contribution in [0.2, 0.25) is 0 Å². The van der Waals surface area contributed by atoms with Gasteiger partial charge in [-0.25, -0.2) is 9.78 Å². The minimum absolute atomic E-state index is 0.0662. The second-order valence-electron chi connectivity index (χ2n) is 5.17. The van der Waals surface area contributed by atoms with E-state index in [0.29, 0.717) is 5.69 Å². The van der Waals surface area contributed by atoms with Crippen molar-refractivity contribution in [3.8, 4) is 0 Å². The lowest BCUT2D eigenvalue weighted by Crippen LogP contribution is -2.55. The van der Waals surface area contributed by atoms with E-state index in [-0.39, 0.29) is 18.9 Å². The van der Waals surface area contributed by atoms with Gasteiger partial charge in [-0.05, 0) is 5.92 Å². The largest absolute Gasteiger partial charge is 0.480 e. The van der Waals surface area contributed by atoms with E-state index in [1.54, 1.807) is 13.8 Å². The lowest BCUT2D eigenvalue weighted by molar-refractivity contribution is -0.142. The molecule has 0 radical (unpaired) electrons. The number of H-pyrrole nitrogens is 1. The highest BCUT2D eigenvalue weighted by atomic mass is 16.4. The molecule has 0 bridgehead atoms. The summed E-state index contributed by atoms with van der Waals surface area (Å²) in [6.45, 7) is 3.24. The molecule has 0 unspecified atom stereocenters. The maximum atomic E-state index is 12.2. The molecule has 6 N–H and O–H groups in total. The molecule has 0 aliphatic carbocycles. The van der Waals surface area contributed by atoms with Gasteiger partial charge in [0, 0.05) is 18.3 Å². The Kier molecular flexibility index (Phi) is 6.51. The second-order valence-corrected chi connectivity index (χ2v) is 5.17. The number of aliphatic carboxylic acids is 1. The normalized spacial score (nSPS) is 13.5. The van der Waals surface area contributed by atoms with E-state index in [2.05, 4.69) is 20.6 Å². The topological polar surface area (TPSA) is 150 Å². The van der Waals surface area contributed by atoms with Crippen LogP contribution in [0.4, 0.5) is 0 Å². The van der Waals surface area contributed by atoms with Crippen LogP contribution in [0, 0.1) is 5.92 Å². The molecule has 0 aliphatic rings. The fourth-order valence-corrected chi connectivity index (χ4v) is 1.85. The van der Waals surface area contributed by atoms with E-state index < -0.39 is 29.9 Å². The van der Waals surface area contributed by atoms with Crippen LogP contribution in [0.25, 0.3) is 0 Å². The van der Waals surface area contributed by atoms with Gasteiger partial charge >= 0.3 is 5.97 Å². The molecule has 1 aromatic rings. The van der Waals surface area contributed by atoms with Crippen LogP contribution in [-0.2, 0) is 20.8 Å².